The van der Waals surface area contributed by atoms with Crippen LogP contribution >= 0.6 is 0 Å². The zero-order valence-corrected chi connectivity index (χ0v) is 10.7. The summed E-state index contributed by atoms with van der Waals surface area (Å²) < 4.78 is 0. The molecule has 0 aliphatic carbocycles. The molecular weight excluding hydrogens is 184 g/mol. The molecule has 0 saturated heterocycles. The molecule has 0 aliphatic heterocycles. The van der Waals surface area contributed by atoms with Crippen LogP contribution in [0.3, 0.4) is 0 Å². The lowest BCUT2D eigenvalue weighted by molar-refractivity contribution is 0.0759. The molecule has 0 saturated carbocycles. The highest BCUT2D eigenvalue weighted by atomic mass is 16.3. The Kier molecular flexibility index (Phi) is 2.97. The molecule has 0 amide bonds. The van der Waals surface area contributed by atoms with E-state index in [0.29, 0.717) is 0 Å². The molecule has 84 valence electrons. The molecule has 1 N–H and O–H groups in total. The lowest BCUT2D eigenvalue weighted by Crippen LogP contribution is -2.25. The standard InChI is InChI=1S/C14H22O/c1-10-8-7-9-11(13(2,3)4)12(10)14(5,6)15/h7-9,15H,1-6H3. The van der Waals surface area contributed by atoms with Crippen molar-refractivity contribution in [2.75, 3.05) is 0 Å². The molecule has 0 spiro atoms. The molecule has 1 aromatic carbocycles. The van der Waals surface area contributed by atoms with Gasteiger partial charge in [-0.3, -0.25) is 0 Å². The lowest BCUT2D eigenvalue weighted by atomic mass is 9.77. The summed E-state index contributed by atoms with van der Waals surface area (Å²) in [6.07, 6.45) is 0. The van der Waals surface area contributed by atoms with Crippen molar-refractivity contribution < 1.29 is 5.11 Å². The monoisotopic (exact) mass is 206 g/mol. The average Bonchev–Trinajstić information content (AvgIpc) is 1.99. The molecule has 1 rings (SSSR count). The van der Waals surface area contributed by atoms with Gasteiger partial charge in [0.1, 0.15) is 0 Å². The van der Waals surface area contributed by atoms with Gasteiger partial charge in [0.2, 0.25) is 0 Å². The zero-order valence-electron chi connectivity index (χ0n) is 10.7. The van der Waals surface area contributed by atoms with Crippen molar-refractivity contribution in [1.29, 1.82) is 0 Å². The van der Waals surface area contributed by atoms with Crippen LogP contribution in [0.4, 0.5) is 0 Å². The van der Waals surface area contributed by atoms with Gasteiger partial charge in [0, 0.05) is 0 Å². The summed E-state index contributed by atoms with van der Waals surface area (Å²) in [5.74, 6) is 0. The summed E-state index contributed by atoms with van der Waals surface area (Å²) in [4.78, 5) is 0. The Morgan fingerprint density at radius 2 is 1.53 bits per heavy atom. The van der Waals surface area contributed by atoms with E-state index in [1.807, 2.05) is 13.8 Å². The Labute approximate surface area is 93.1 Å². The average molecular weight is 206 g/mol. The van der Waals surface area contributed by atoms with Gasteiger partial charge in [0.15, 0.2) is 0 Å². The molecule has 0 unspecified atom stereocenters. The minimum Gasteiger partial charge on any atom is -0.386 e. The maximum absolute atomic E-state index is 10.2. The third-order valence-corrected chi connectivity index (χ3v) is 2.69. The number of hydrogen-bond acceptors (Lipinski definition) is 1. The second kappa shape index (κ2) is 3.64. The number of benzene rings is 1. The van der Waals surface area contributed by atoms with Crippen molar-refractivity contribution in [2.24, 2.45) is 0 Å². The van der Waals surface area contributed by atoms with Gasteiger partial charge in [-0.25, -0.2) is 0 Å². The Morgan fingerprint density at radius 1 is 1.00 bits per heavy atom. The fraction of sp³-hybridized carbons (Fsp3) is 0.571. The predicted molar refractivity (Wildman–Crippen MR) is 65.1 cm³/mol. The number of rotatable bonds is 1. The van der Waals surface area contributed by atoms with Crippen LogP contribution < -0.4 is 0 Å². The molecule has 1 nitrogen and oxygen atoms in total. The van der Waals surface area contributed by atoms with E-state index in [-0.39, 0.29) is 5.41 Å². The first kappa shape index (κ1) is 12.3. The lowest BCUT2D eigenvalue weighted by Gasteiger charge is -2.30. The van der Waals surface area contributed by atoms with Gasteiger partial charge in [0.25, 0.3) is 0 Å². The van der Waals surface area contributed by atoms with E-state index in [1.165, 1.54) is 5.56 Å². The van der Waals surface area contributed by atoms with E-state index in [9.17, 15) is 5.11 Å². The Bertz CT molecular complexity index is 351. The van der Waals surface area contributed by atoms with E-state index >= 15 is 0 Å². The minimum absolute atomic E-state index is 0.0708. The molecule has 0 aromatic heterocycles. The van der Waals surface area contributed by atoms with E-state index in [2.05, 4.69) is 45.9 Å². The molecule has 0 atom stereocenters. The third kappa shape index (κ3) is 2.60. The van der Waals surface area contributed by atoms with Crippen LogP contribution in [0.25, 0.3) is 0 Å². The third-order valence-electron chi connectivity index (χ3n) is 2.69. The maximum Gasteiger partial charge on any atom is 0.0845 e. The van der Waals surface area contributed by atoms with E-state index in [1.54, 1.807) is 0 Å². The van der Waals surface area contributed by atoms with E-state index < -0.39 is 5.60 Å². The molecule has 15 heavy (non-hydrogen) atoms. The maximum atomic E-state index is 10.2. The smallest absolute Gasteiger partial charge is 0.0845 e. The highest BCUT2D eigenvalue weighted by Gasteiger charge is 2.27. The van der Waals surface area contributed by atoms with Crippen molar-refractivity contribution in [3.05, 3.63) is 34.9 Å². The first-order chi connectivity index (χ1) is 6.64. The normalized spacial score (nSPS) is 13.0. The van der Waals surface area contributed by atoms with Crippen LogP contribution in [0.1, 0.15) is 51.3 Å². The first-order valence-electron chi connectivity index (χ1n) is 5.47. The van der Waals surface area contributed by atoms with Crippen molar-refractivity contribution in [1.82, 2.24) is 0 Å². The highest BCUT2D eigenvalue weighted by Crippen LogP contribution is 2.34. The summed E-state index contributed by atoms with van der Waals surface area (Å²) in [5.41, 5.74) is 2.76. The molecule has 0 aliphatic rings. The summed E-state index contributed by atoms with van der Waals surface area (Å²) in [6, 6.07) is 6.23. The Morgan fingerprint density at radius 3 is 1.87 bits per heavy atom. The molecule has 1 aromatic rings. The van der Waals surface area contributed by atoms with Crippen LogP contribution in [0, 0.1) is 6.92 Å². The van der Waals surface area contributed by atoms with E-state index in [4.69, 9.17) is 0 Å². The van der Waals surface area contributed by atoms with Crippen molar-refractivity contribution in [3.63, 3.8) is 0 Å². The molecule has 0 fully saturated rings. The van der Waals surface area contributed by atoms with Crippen LogP contribution in [-0.2, 0) is 11.0 Å². The van der Waals surface area contributed by atoms with E-state index in [0.717, 1.165) is 11.1 Å². The second-order valence-corrected chi connectivity index (χ2v) is 5.81. The highest BCUT2D eigenvalue weighted by molar-refractivity contribution is 5.41. The van der Waals surface area contributed by atoms with Crippen LogP contribution in [0.2, 0.25) is 0 Å². The van der Waals surface area contributed by atoms with Crippen LogP contribution in [0.5, 0.6) is 0 Å². The predicted octanol–water partition coefficient (Wildman–Crippen LogP) is 3.52. The molecule has 0 heterocycles. The molecular formula is C14H22O. The molecule has 0 radical (unpaired) electrons. The van der Waals surface area contributed by atoms with Gasteiger partial charge >= 0.3 is 0 Å². The number of aryl methyl sites for hydroxylation is 1. The van der Waals surface area contributed by atoms with Gasteiger partial charge in [-0.15, -0.1) is 0 Å². The molecule has 0 bridgehead atoms. The fourth-order valence-corrected chi connectivity index (χ4v) is 2.10. The number of aliphatic hydroxyl groups is 1. The van der Waals surface area contributed by atoms with Gasteiger partial charge < -0.3 is 5.11 Å². The second-order valence-electron chi connectivity index (χ2n) is 5.81. The summed E-state index contributed by atoms with van der Waals surface area (Å²) >= 11 is 0. The van der Waals surface area contributed by atoms with Gasteiger partial charge in [0.05, 0.1) is 5.60 Å². The van der Waals surface area contributed by atoms with Crippen molar-refractivity contribution in [3.8, 4) is 0 Å². The quantitative estimate of drug-likeness (QED) is 0.745. The van der Waals surface area contributed by atoms with Gasteiger partial charge in [-0.05, 0) is 42.9 Å². The Balaban J connectivity index is 3.48. The van der Waals surface area contributed by atoms with Crippen LogP contribution in [-0.4, -0.2) is 5.11 Å². The van der Waals surface area contributed by atoms with Crippen molar-refractivity contribution in [2.45, 2.75) is 52.6 Å². The Hall–Kier alpha value is -0.820. The largest absolute Gasteiger partial charge is 0.386 e. The first-order valence-corrected chi connectivity index (χ1v) is 5.47. The topological polar surface area (TPSA) is 20.2 Å². The van der Waals surface area contributed by atoms with Crippen LogP contribution in [0.15, 0.2) is 18.2 Å². The van der Waals surface area contributed by atoms with Gasteiger partial charge in [-0.1, -0.05) is 39.0 Å². The summed E-state index contributed by atoms with van der Waals surface area (Å²) in [7, 11) is 0. The zero-order chi connectivity index (χ0) is 11.9. The van der Waals surface area contributed by atoms with Crippen molar-refractivity contribution >= 4 is 0 Å². The summed E-state index contributed by atoms with van der Waals surface area (Å²) in [6.45, 7) is 12.3. The summed E-state index contributed by atoms with van der Waals surface area (Å²) in [5, 5.41) is 10.2. The molecule has 1 heteroatoms. The van der Waals surface area contributed by atoms with Gasteiger partial charge in [-0.2, -0.15) is 0 Å². The number of hydrogen-bond donors (Lipinski definition) is 1. The fourth-order valence-electron chi connectivity index (χ4n) is 2.10. The SMILES string of the molecule is Cc1cccc(C(C)(C)C)c1C(C)(C)O. The minimum atomic E-state index is -0.770.